The lowest BCUT2D eigenvalue weighted by atomic mass is 9.98. The number of esters is 1. The maximum Gasteiger partial charge on any atom is 0.338 e. The van der Waals surface area contributed by atoms with E-state index in [1.807, 2.05) is 0 Å². The van der Waals surface area contributed by atoms with E-state index in [0.717, 1.165) is 12.8 Å². The minimum atomic E-state index is -0.198. The highest BCUT2D eigenvalue weighted by Crippen LogP contribution is 2.21. The van der Waals surface area contributed by atoms with Gasteiger partial charge in [-0.3, -0.25) is 0 Å². The maximum absolute atomic E-state index is 11.7. The molecule has 0 aromatic heterocycles. The minimum Gasteiger partial charge on any atom is -0.459 e. The summed E-state index contributed by atoms with van der Waals surface area (Å²) in [5, 5.41) is 0. The Hall–Kier alpha value is -1.31. The summed E-state index contributed by atoms with van der Waals surface area (Å²) in [6, 6.07) is 9.83. The van der Waals surface area contributed by atoms with Crippen molar-refractivity contribution in [3.8, 4) is 0 Å². The summed E-state index contributed by atoms with van der Waals surface area (Å²) in [7, 11) is 0. The number of hydrogen-bond acceptors (Lipinski definition) is 2. The van der Waals surface area contributed by atoms with Crippen LogP contribution in [0.4, 0.5) is 0 Å². The Labute approximate surface area is 90.3 Å². The molecule has 1 radical (unpaired) electrons. The SMILES string of the molecule is O=C(OC1CCCCC1)c1cc[c]cc1. The Morgan fingerprint density at radius 3 is 2.53 bits per heavy atom. The van der Waals surface area contributed by atoms with Gasteiger partial charge in [0, 0.05) is 0 Å². The monoisotopic (exact) mass is 203 g/mol. The van der Waals surface area contributed by atoms with Crippen molar-refractivity contribution >= 4 is 5.97 Å². The van der Waals surface area contributed by atoms with Crippen LogP contribution >= 0.6 is 0 Å². The maximum atomic E-state index is 11.7. The average Bonchev–Trinajstić information content (AvgIpc) is 2.31. The highest BCUT2D eigenvalue weighted by molar-refractivity contribution is 5.89. The highest BCUT2D eigenvalue weighted by atomic mass is 16.5. The van der Waals surface area contributed by atoms with E-state index in [1.165, 1.54) is 19.3 Å². The molecule has 2 rings (SSSR count). The van der Waals surface area contributed by atoms with Crippen LogP contribution in [0, 0.1) is 6.07 Å². The van der Waals surface area contributed by atoms with Crippen molar-refractivity contribution in [3.63, 3.8) is 0 Å². The summed E-state index contributed by atoms with van der Waals surface area (Å²) < 4.78 is 5.42. The first-order valence-electron chi connectivity index (χ1n) is 5.53. The zero-order valence-corrected chi connectivity index (χ0v) is 8.74. The van der Waals surface area contributed by atoms with Gasteiger partial charge in [0.1, 0.15) is 6.10 Å². The molecule has 1 aromatic rings. The standard InChI is InChI=1S/C13H15O2/c14-13(11-7-3-1-4-8-11)15-12-9-5-2-6-10-12/h3-4,7-8,12H,2,5-6,9-10H2. The van der Waals surface area contributed by atoms with Gasteiger partial charge in [-0.15, -0.1) is 0 Å². The summed E-state index contributed by atoms with van der Waals surface area (Å²) in [5.41, 5.74) is 0.624. The Morgan fingerprint density at radius 1 is 1.20 bits per heavy atom. The molecule has 0 unspecified atom stereocenters. The van der Waals surface area contributed by atoms with Crippen LogP contribution in [0.15, 0.2) is 24.3 Å². The first kappa shape index (κ1) is 10.2. The molecule has 15 heavy (non-hydrogen) atoms. The number of rotatable bonds is 2. The van der Waals surface area contributed by atoms with Crippen LogP contribution in [0.5, 0.6) is 0 Å². The van der Waals surface area contributed by atoms with Crippen molar-refractivity contribution in [1.29, 1.82) is 0 Å². The van der Waals surface area contributed by atoms with Crippen molar-refractivity contribution < 1.29 is 9.53 Å². The van der Waals surface area contributed by atoms with Gasteiger partial charge in [-0.2, -0.15) is 0 Å². The molecule has 0 heterocycles. The Bertz CT molecular complexity index is 313. The molecule has 1 fully saturated rings. The zero-order valence-electron chi connectivity index (χ0n) is 8.74. The van der Waals surface area contributed by atoms with Crippen molar-refractivity contribution in [1.82, 2.24) is 0 Å². The van der Waals surface area contributed by atoms with Gasteiger partial charge in [-0.05, 0) is 43.9 Å². The molecular formula is C13H15O2. The first-order valence-corrected chi connectivity index (χ1v) is 5.53. The molecule has 0 atom stereocenters. The van der Waals surface area contributed by atoms with E-state index in [0.29, 0.717) is 5.56 Å². The molecule has 0 bridgehead atoms. The average molecular weight is 203 g/mol. The Kier molecular flexibility index (Phi) is 3.38. The van der Waals surface area contributed by atoms with Crippen LogP contribution in [0.3, 0.4) is 0 Å². The third kappa shape index (κ3) is 2.82. The summed E-state index contributed by atoms with van der Waals surface area (Å²) in [4.78, 5) is 11.7. The lowest BCUT2D eigenvalue weighted by Crippen LogP contribution is -2.20. The minimum absolute atomic E-state index is 0.135. The van der Waals surface area contributed by atoms with Crippen molar-refractivity contribution in [2.24, 2.45) is 0 Å². The second-order valence-corrected chi connectivity index (χ2v) is 3.95. The predicted octanol–water partition coefficient (Wildman–Crippen LogP) is 2.98. The van der Waals surface area contributed by atoms with Gasteiger partial charge in [0.15, 0.2) is 0 Å². The number of ether oxygens (including phenoxy) is 1. The van der Waals surface area contributed by atoms with Crippen molar-refractivity contribution in [2.75, 3.05) is 0 Å². The molecule has 1 aromatic carbocycles. The molecule has 1 saturated carbocycles. The molecule has 2 nitrogen and oxygen atoms in total. The summed E-state index contributed by atoms with van der Waals surface area (Å²) in [6.45, 7) is 0. The van der Waals surface area contributed by atoms with Gasteiger partial charge in [0.2, 0.25) is 0 Å². The van der Waals surface area contributed by atoms with E-state index in [-0.39, 0.29) is 12.1 Å². The molecular weight excluding hydrogens is 188 g/mol. The summed E-state index contributed by atoms with van der Waals surface area (Å²) >= 11 is 0. The molecule has 0 saturated heterocycles. The van der Waals surface area contributed by atoms with E-state index in [9.17, 15) is 4.79 Å². The second kappa shape index (κ2) is 4.96. The van der Waals surface area contributed by atoms with Gasteiger partial charge < -0.3 is 4.74 Å². The van der Waals surface area contributed by atoms with E-state index in [2.05, 4.69) is 6.07 Å². The predicted molar refractivity (Wildman–Crippen MR) is 57.6 cm³/mol. The van der Waals surface area contributed by atoms with Crippen LogP contribution in [0.1, 0.15) is 42.5 Å². The molecule has 1 aliphatic carbocycles. The second-order valence-electron chi connectivity index (χ2n) is 3.95. The van der Waals surface area contributed by atoms with Crippen LogP contribution in [-0.2, 0) is 4.74 Å². The van der Waals surface area contributed by atoms with Gasteiger partial charge in [-0.25, -0.2) is 4.79 Å². The van der Waals surface area contributed by atoms with Crippen LogP contribution in [0.2, 0.25) is 0 Å². The quantitative estimate of drug-likeness (QED) is 0.691. The lowest BCUT2D eigenvalue weighted by Gasteiger charge is -2.21. The van der Waals surface area contributed by atoms with Gasteiger partial charge in [0.05, 0.1) is 5.56 Å². The normalized spacial score (nSPS) is 17.3. The third-order valence-corrected chi connectivity index (χ3v) is 2.78. The van der Waals surface area contributed by atoms with E-state index < -0.39 is 0 Å². The topological polar surface area (TPSA) is 26.3 Å². The number of benzene rings is 1. The number of carbonyl (C=O) groups excluding carboxylic acids is 1. The van der Waals surface area contributed by atoms with E-state index in [4.69, 9.17) is 4.74 Å². The molecule has 0 aliphatic heterocycles. The zero-order chi connectivity index (χ0) is 10.5. The van der Waals surface area contributed by atoms with Crippen molar-refractivity contribution in [2.45, 2.75) is 38.2 Å². The number of carbonyl (C=O) groups is 1. The van der Waals surface area contributed by atoms with Crippen molar-refractivity contribution in [3.05, 3.63) is 35.9 Å². The Morgan fingerprint density at radius 2 is 1.87 bits per heavy atom. The van der Waals surface area contributed by atoms with Gasteiger partial charge >= 0.3 is 5.97 Å². The third-order valence-electron chi connectivity index (χ3n) is 2.78. The van der Waals surface area contributed by atoms with E-state index >= 15 is 0 Å². The fourth-order valence-corrected chi connectivity index (χ4v) is 1.93. The first-order chi connectivity index (χ1) is 7.36. The fourth-order valence-electron chi connectivity index (χ4n) is 1.93. The summed E-state index contributed by atoms with van der Waals surface area (Å²) in [6.07, 6.45) is 5.81. The van der Waals surface area contributed by atoms with Crippen LogP contribution in [-0.4, -0.2) is 12.1 Å². The smallest absolute Gasteiger partial charge is 0.338 e. The molecule has 1 aliphatic rings. The summed E-state index contributed by atoms with van der Waals surface area (Å²) in [5.74, 6) is -0.198. The highest BCUT2D eigenvalue weighted by Gasteiger charge is 2.18. The molecule has 0 spiro atoms. The van der Waals surface area contributed by atoms with Gasteiger partial charge in [0.25, 0.3) is 0 Å². The Balaban J connectivity index is 1.91. The molecule has 79 valence electrons. The molecule has 0 N–H and O–H groups in total. The molecule has 2 heteroatoms. The number of hydrogen-bond donors (Lipinski definition) is 0. The fraction of sp³-hybridized carbons (Fsp3) is 0.462. The van der Waals surface area contributed by atoms with Crippen LogP contribution < -0.4 is 0 Å². The van der Waals surface area contributed by atoms with Gasteiger partial charge in [-0.1, -0.05) is 18.6 Å². The lowest BCUT2D eigenvalue weighted by molar-refractivity contribution is 0.0211. The van der Waals surface area contributed by atoms with Crippen LogP contribution in [0.25, 0.3) is 0 Å². The molecule has 0 amide bonds. The van der Waals surface area contributed by atoms with E-state index in [1.54, 1.807) is 24.3 Å². The largest absolute Gasteiger partial charge is 0.459 e.